The molecule has 2 aliphatic heterocycles. The van der Waals surface area contributed by atoms with E-state index >= 15 is 0 Å². The van der Waals surface area contributed by atoms with E-state index in [9.17, 15) is 14.0 Å². The van der Waals surface area contributed by atoms with Gasteiger partial charge in [0.05, 0.1) is 0 Å². The van der Waals surface area contributed by atoms with E-state index in [1.54, 1.807) is 24.4 Å². The largest absolute Gasteiger partial charge is 0.454 e. The summed E-state index contributed by atoms with van der Waals surface area (Å²) in [7, 11) is 0. The van der Waals surface area contributed by atoms with Crippen molar-refractivity contribution < 1.29 is 18.7 Å². The molecule has 26 heavy (non-hydrogen) atoms. The third-order valence-electron chi connectivity index (χ3n) is 4.92. The molecule has 2 fully saturated rings. The third-order valence-corrected chi connectivity index (χ3v) is 4.92. The first-order chi connectivity index (χ1) is 12.6. The van der Waals surface area contributed by atoms with Gasteiger partial charge < -0.3 is 15.0 Å². The smallest absolute Gasteiger partial charge is 0.322 e. The van der Waals surface area contributed by atoms with Crippen LogP contribution in [0.15, 0.2) is 42.3 Å². The number of allylic oxidation sites excluding steroid dienone is 3. The number of imide groups is 1. The fourth-order valence-electron chi connectivity index (χ4n) is 3.46. The Hall–Kier alpha value is -2.90. The quantitative estimate of drug-likeness (QED) is 0.806. The molecule has 3 aliphatic rings. The van der Waals surface area contributed by atoms with Gasteiger partial charge in [-0.3, -0.25) is 10.1 Å². The number of urea groups is 1. The van der Waals surface area contributed by atoms with Crippen LogP contribution in [0.3, 0.4) is 0 Å². The molecular formula is C18H19FN4O3. The molecule has 8 heteroatoms. The van der Waals surface area contributed by atoms with Gasteiger partial charge in [0.15, 0.2) is 11.6 Å². The maximum Gasteiger partial charge on any atom is 0.322 e. The molecule has 1 aliphatic carbocycles. The Bertz CT molecular complexity index is 799. The second kappa shape index (κ2) is 6.44. The van der Waals surface area contributed by atoms with Crippen LogP contribution in [0, 0.1) is 0 Å². The summed E-state index contributed by atoms with van der Waals surface area (Å²) in [6.07, 6.45) is 6.79. The number of nitrogens with zero attached hydrogens (tertiary/aromatic N) is 2. The van der Waals surface area contributed by atoms with Crippen LogP contribution in [-0.2, 0) is 4.79 Å². The molecule has 1 unspecified atom stereocenters. The highest BCUT2D eigenvalue weighted by molar-refractivity contribution is 6.07. The summed E-state index contributed by atoms with van der Waals surface area (Å²) in [5.41, 5.74) is -0.825. The number of rotatable bonds is 3. The second-order valence-corrected chi connectivity index (χ2v) is 6.62. The van der Waals surface area contributed by atoms with Crippen LogP contribution in [0.25, 0.3) is 0 Å². The van der Waals surface area contributed by atoms with Crippen molar-refractivity contribution in [1.29, 1.82) is 0 Å². The number of hydrogen-bond acceptors (Lipinski definition) is 5. The lowest BCUT2D eigenvalue weighted by molar-refractivity contribution is -0.124. The van der Waals surface area contributed by atoms with Crippen LogP contribution in [-0.4, -0.2) is 41.7 Å². The Morgan fingerprint density at radius 3 is 2.77 bits per heavy atom. The minimum absolute atomic E-state index is 0.266. The van der Waals surface area contributed by atoms with Crippen molar-refractivity contribution in [1.82, 2.24) is 15.6 Å². The number of carbonyl (C=O) groups is 2. The van der Waals surface area contributed by atoms with Crippen molar-refractivity contribution in [3.63, 3.8) is 0 Å². The molecule has 1 spiro atoms. The van der Waals surface area contributed by atoms with Crippen LogP contribution in [0.2, 0.25) is 0 Å². The summed E-state index contributed by atoms with van der Waals surface area (Å²) in [6.45, 7) is 1.12. The van der Waals surface area contributed by atoms with E-state index in [1.807, 2.05) is 11.0 Å². The van der Waals surface area contributed by atoms with Crippen molar-refractivity contribution in [2.75, 3.05) is 18.0 Å². The van der Waals surface area contributed by atoms with Crippen molar-refractivity contribution in [2.24, 2.45) is 0 Å². The molecule has 136 valence electrons. The molecule has 7 nitrogen and oxygen atoms in total. The Balaban J connectivity index is 1.48. The minimum Gasteiger partial charge on any atom is -0.454 e. The van der Waals surface area contributed by atoms with Gasteiger partial charge in [0.25, 0.3) is 5.91 Å². The Kier molecular flexibility index (Phi) is 4.10. The van der Waals surface area contributed by atoms with E-state index in [1.165, 1.54) is 6.08 Å². The Morgan fingerprint density at radius 1 is 1.31 bits per heavy atom. The number of nitrogens with one attached hydrogen (secondary N) is 2. The lowest BCUT2D eigenvalue weighted by Gasteiger charge is -2.37. The summed E-state index contributed by atoms with van der Waals surface area (Å²) in [5, 5.41) is 5.05. The van der Waals surface area contributed by atoms with E-state index in [0.717, 1.165) is 0 Å². The molecule has 1 atom stereocenters. The zero-order chi connectivity index (χ0) is 18.1. The normalized spacial score (nSPS) is 24.3. The fraction of sp³-hybridized carbons (Fsp3) is 0.389. The molecule has 2 saturated heterocycles. The third kappa shape index (κ3) is 3.02. The lowest BCUT2D eigenvalue weighted by Crippen LogP contribution is -2.55. The van der Waals surface area contributed by atoms with Crippen molar-refractivity contribution in [3.8, 4) is 5.75 Å². The number of anilines is 1. The molecule has 0 radical (unpaired) electrons. The molecule has 1 aromatic heterocycles. The number of ether oxygens (including phenoxy) is 1. The van der Waals surface area contributed by atoms with Gasteiger partial charge >= 0.3 is 6.03 Å². The second-order valence-electron chi connectivity index (χ2n) is 6.62. The van der Waals surface area contributed by atoms with Gasteiger partial charge in [-0.15, -0.1) is 0 Å². The molecule has 4 rings (SSSR count). The van der Waals surface area contributed by atoms with Gasteiger partial charge in [-0.05, 0) is 43.2 Å². The molecule has 2 N–H and O–H groups in total. The van der Waals surface area contributed by atoms with E-state index in [0.29, 0.717) is 49.7 Å². The molecule has 3 heterocycles. The topological polar surface area (TPSA) is 83.6 Å². The van der Waals surface area contributed by atoms with Crippen LogP contribution < -0.4 is 20.3 Å². The standard InChI is InChI=1S/C18H19FN4O3/c19-12-3-5-13(6-4-12)26-14-2-1-9-20-15(14)23-10-7-18(8-11-23)16(24)21-17(25)22-18/h1-3,5-6,9,12H,4,7-8,10-11H2,(H2,21,22,24,25). The Labute approximate surface area is 149 Å². The molecular weight excluding hydrogens is 339 g/mol. The monoisotopic (exact) mass is 358 g/mol. The summed E-state index contributed by atoms with van der Waals surface area (Å²) in [4.78, 5) is 30.0. The molecule has 1 aromatic rings. The number of carbonyl (C=O) groups excluding carboxylic acids is 2. The van der Waals surface area contributed by atoms with Gasteiger partial charge in [0.1, 0.15) is 17.5 Å². The highest BCUT2D eigenvalue weighted by Gasteiger charge is 2.48. The van der Waals surface area contributed by atoms with Crippen molar-refractivity contribution >= 4 is 17.8 Å². The van der Waals surface area contributed by atoms with Gasteiger partial charge in [0, 0.05) is 25.7 Å². The maximum absolute atomic E-state index is 13.2. The summed E-state index contributed by atoms with van der Waals surface area (Å²) in [6, 6.07) is 3.15. The number of piperidine rings is 1. The van der Waals surface area contributed by atoms with E-state index < -0.39 is 17.7 Å². The van der Waals surface area contributed by atoms with Crippen molar-refractivity contribution in [2.45, 2.75) is 31.0 Å². The number of pyridine rings is 1. The average Bonchev–Trinajstić information content (AvgIpc) is 2.91. The zero-order valence-electron chi connectivity index (χ0n) is 14.1. The molecule has 3 amide bonds. The maximum atomic E-state index is 13.2. The number of amides is 3. The molecule has 0 saturated carbocycles. The first-order valence-electron chi connectivity index (χ1n) is 8.60. The number of alkyl halides is 1. The van der Waals surface area contributed by atoms with Gasteiger partial charge in [-0.1, -0.05) is 0 Å². The zero-order valence-corrected chi connectivity index (χ0v) is 14.1. The van der Waals surface area contributed by atoms with Crippen LogP contribution in [0.5, 0.6) is 5.75 Å². The van der Waals surface area contributed by atoms with Crippen LogP contribution >= 0.6 is 0 Å². The number of hydrogen-bond donors (Lipinski definition) is 2. The minimum atomic E-state index is -0.971. The molecule has 0 aromatic carbocycles. The van der Waals surface area contributed by atoms with Crippen LogP contribution in [0.4, 0.5) is 15.0 Å². The highest BCUT2D eigenvalue weighted by atomic mass is 19.1. The van der Waals surface area contributed by atoms with Crippen LogP contribution in [0.1, 0.15) is 19.3 Å². The van der Waals surface area contributed by atoms with Gasteiger partial charge in [-0.25, -0.2) is 14.2 Å². The first kappa shape index (κ1) is 16.6. The van der Waals surface area contributed by atoms with Gasteiger partial charge in [0.2, 0.25) is 0 Å². The highest BCUT2D eigenvalue weighted by Crippen LogP contribution is 2.33. The van der Waals surface area contributed by atoms with E-state index in [2.05, 4.69) is 15.6 Å². The fourth-order valence-corrected chi connectivity index (χ4v) is 3.46. The van der Waals surface area contributed by atoms with E-state index in [4.69, 9.17) is 4.74 Å². The first-order valence-corrected chi connectivity index (χ1v) is 8.60. The number of aromatic nitrogens is 1. The summed E-state index contributed by atoms with van der Waals surface area (Å²) >= 11 is 0. The van der Waals surface area contributed by atoms with E-state index in [-0.39, 0.29) is 5.91 Å². The number of halogens is 1. The SMILES string of the molecule is O=C1NC(=O)C2(CCN(c3ncccc3OC3=CCC(F)C=C3)CC2)N1. The molecule has 0 bridgehead atoms. The lowest BCUT2D eigenvalue weighted by atomic mass is 9.88. The predicted molar refractivity (Wildman–Crippen MR) is 92.5 cm³/mol. The van der Waals surface area contributed by atoms with Gasteiger partial charge in [-0.2, -0.15) is 0 Å². The predicted octanol–water partition coefficient (Wildman–Crippen LogP) is 1.82. The summed E-state index contributed by atoms with van der Waals surface area (Å²) < 4.78 is 19.1. The van der Waals surface area contributed by atoms with Crippen molar-refractivity contribution in [3.05, 3.63) is 42.3 Å². The Morgan fingerprint density at radius 2 is 2.12 bits per heavy atom. The summed E-state index contributed by atoms with van der Waals surface area (Å²) in [5.74, 6) is 1.57. The average molecular weight is 358 g/mol.